The van der Waals surface area contributed by atoms with Crippen molar-refractivity contribution < 1.29 is 4.42 Å². The molecular formula is C10H9Cl2N3O. The van der Waals surface area contributed by atoms with E-state index in [1.807, 2.05) is 12.1 Å². The molecule has 0 amide bonds. The van der Waals surface area contributed by atoms with Gasteiger partial charge in [0.05, 0.1) is 12.0 Å². The number of rotatable bonds is 4. The minimum absolute atomic E-state index is 0.309. The quantitative estimate of drug-likeness (QED) is 0.915. The van der Waals surface area contributed by atoms with Crippen LogP contribution in [0.4, 0.5) is 5.69 Å². The fraction of sp³-hybridized carbons (Fsp3) is 0.200. The van der Waals surface area contributed by atoms with Gasteiger partial charge < -0.3 is 9.73 Å². The summed E-state index contributed by atoms with van der Waals surface area (Å²) in [5.74, 6) is 0.914. The smallest absolute Gasteiger partial charge is 0.174 e. The molecule has 0 saturated heterocycles. The first-order valence-corrected chi connectivity index (χ1v) is 5.46. The van der Waals surface area contributed by atoms with Gasteiger partial charge in [0.2, 0.25) is 0 Å². The molecule has 1 N–H and O–H groups in total. The maximum atomic E-state index is 5.84. The maximum Gasteiger partial charge on any atom is 0.174 e. The lowest BCUT2D eigenvalue weighted by Crippen LogP contribution is -2.05. The molecule has 2 rings (SSSR count). The Morgan fingerprint density at radius 3 is 2.94 bits per heavy atom. The minimum Gasteiger partial charge on any atom is -0.469 e. The SMILES string of the molecule is Clc1cc(NCCc2ccco2)c(Cl)nn1. The van der Waals surface area contributed by atoms with E-state index in [0.717, 1.165) is 12.2 Å². The molecule has 0 aromatic carbocycles. The molecule has 0 aliphatic rings. The molecule has 0 saturated carbocycles. The summed E-state index contributed by atoms with van der Waals surface area (Å²) in [6.45, 7) is 0.690. The van der Waals surface area contributed by atoms with Crippen LogP contribution in [0.3, 0.4) is 0 Å². The molecule has 2 aromatic rings. The molecule has 0 radical (unpaired) electrons. The van der Waals surface area contributed by atoms with Crippen LogP contribution in [0.15, 0.2) is 28.9 Å². The van der Waals surface area contributed by atoms with Crippen LogP contribution >= 0.6 is 23.2 Å². The molecule has 4 nitrogen and oxygen atoms in total. The number of halogens is 2. The Labute approximate surface area is 103 Å². The topological polar surface area (TPSA) is 51.0 Å². The highest BCUT2D eigenvalue weighted by molar-refractivity contribution is 6.33. The van der Waals surface area contributed by atoms with Gasteiger partial charge in [0.15, 0.2) is 10.3 Å². The van der Waals surface area contributed by atoms with Gasteiger partial charge in [-0.25, -0.2) is 0 Å². The molecule has 0 unspecified atom stereocenters. The van der Waals surface area contributed by atoms with Gasteiger partial charge in [0.1, 0.15) is 5.76 Å². The molecule has 6 heteroatoms. The number of furan rings is 1. The summed E-state index contributed by atoms with van der Waals surface area (Å²) in [5, 5.41) is 11.0. The average molecular weight is 258 g/mol. The summed E-state index contributed by atoms with van der Waals surface area (Å²) < 4.78 is 5.20. The molecule has 84 valence electrons. The third-order valence-electron chi connectivity index (χ3n) is 1.99. The first kappa shape index (κ1) is 11.2. The lowest BCUT2D eigenvalue weighted by Gasteiger charge is -2.05. The molecule has 0 aliphatic heterocycles. The van der Waals surface area contributed by atoms with Gasteiger partial charge >= 0.3 is 0 Å². The second kappa shape index (κ2) is 5.18. The molecule has 0 aliphatic carbocycles. The van der Waals surface area contributed by atoms with Crippen molar-refractivity contribution in [3.05, 3.63) is 40.5 Å². The Morgan fingerprint density at radius 1 is 1.31 bits per heavy atom. The van der Waals surface area contributed by atoms with E-state index in [-0.39, 0.29) is 0 Å². The Hall–Kier alpha value is -1.26. The standard InChI is InChI=1S/C10H9Cl2N3O/c11-9-6-8(10(12)15-14-9)13-4-3-7-2-1-5-16-7/h1-2,5-6H,3-4H2,(H,13,14). The van der Waals surface area contributed by atoms with Crippen LogP contribution in [-0.2, 0) is 6.42 Å². The van der Waals surface area contributed by atoms with E-state index >= 15 is 0 Å². The van der Waals surface area contributed by atoms with Gasteiger partial charge in [-0.15, -0.1) is 10.2 Å². The van der Waals surface area contributed by atoms with Crippen molar-refractivity contribution in [2.24, 2.45) is 0 Å². The van der Waals surface area contributed by atoms with Crippen molar-refractivity contribution >= 4 is 28.9 Å². The molecule has 0 bridgehead atoms. The second-order valence-corrected chi connectivity index (χ2v) is 3.87. The first-order chi connectivity index (χ1) is 7.75. The Balaban J connectivity index is 1.92. The minimum atomic E-state index is 0.309. The van der Waals surface area contributed by atoms with Crippen LogP contribution in [0.2, 0.25) is 10.3 Å². The van der Waals surface area contributed by atoms with E-state index in [1.54, 1.807) is 12.3 Å². The van der Waals surface area contributed by atoms with Gasteiger partial charge in [0, 0.05) is 19.0 Å². The van der Waals surface area contributed by atoms with E-state index in [4.69, 9.17) is 27.6 Å². The van der Waals surface area contributed by atoms with Gasteiger partial charge in [0.25, 0.3) is 0 Å². The summed E-state index contributed by atoms with van der Waals surface area (Å²) in [4.78, 5) is 0. The van der Waals surface area contributed by atoms with E-state index in [1.165, 1.54) is 0 Å². The lowest BCUT2D eigenvalue weighted by atomic mass is 10.3. The molecular weight excluding hydrogens is 249 g/mol. The number of hydrogen-bond acceptors (Lipinski definition) is 4. The average Bonchev–Trinajstić information content (AvgIpc) is 2.76. The van der Waals surface area contributed by atoms with Gasteiger partial charge in [-0.3, -0.25) is 0 Å². The molecule has 2 aromatic heterocycles. The number of aromatic nitrogens is 2. The monoisotopic (exact) mass is 257 g/mol. The number of anilines is 1. The van der Waals surface area contributed by atoms with Crippen LogP contribution < -0.4 is 5.32 Å². The highest BCUT2D eigenvalue weighted by Gasteiger charge is 2.03. The second-order valence-electron chi connectivity index (χ2n) is 3.13. The predicted molar refractivity (Wildman–Crippen MR) is 63.0 cm³/mol. The fourth-order valence-corrected chi connectivity index (χ4v) is 1.56. The van der Waals surface area contributed by atoms with E-state index in [0.29, 0.717) is 22.5 Å². The van der Waals surface area contributed by atoms with Gasteiger partial charge in [-0.1, -0.05) is 23.2 Å². The van der Waals surface area contributed by atoms with Crippen LogP contribution in [0, 0.1) is 0 Å². The zero-order valence-corrected chi connectivity index (χ0v) is 9.79. The highest BCUT2D eigenvalue weighted by atomic mass is 35.5. The third kappa shape index (κ3) is 2.87. The third-order valence-corrected chi connectivity index (χ3v) is 2.45. The summed E-state index contributed by atoms with van der Waals surface area (Å²) in [6, 6.07) is 5.41. The van der Waals surface area contributed by atoms with Crippen molar-refractivity contribution in [1.29, 1.82) is 0 Å². The molecule has 2 heterocycles. The number of nitrogens with zero attached hydrogens (tertiary/aromatic N) is 2. The Morgan fingerprint density at radius 2 is 2.19 bits per heavy atom. The summed E-state index contributed by atoms with van der Waals surface area (Å²) in [5.41, 5.74) is 0.674. The van der Waals surface area contributed by atoms with E-state index < -0.39 is 0 Å². The predicted octanol–water partition coefficient (Wildman–Crippen LogP) is 3.03. The zero-order valence-electron chi connectivity index (χ0n) is 8.28. The van der Waals surface area contributed by atoms with E-state index in [9.17, 15) is 0 Å². The van der Waals surface area contributed by atoms with Crippen LogP contribution in [0.25, 0.3) is 0 Å². The van der Waals surface area contributed by atoms with Crippen LogP contribution in [-0.4, -0.2) is 16.7 Å². The Bertz CT molecular complexity index is 459. The number of hydrogen-bond donors (Lipinski definition) is 1. The van der Waals surface area contributed by atoms with Crippen molar-refractivity contribution in [1.82, 2.24) is 10.2 Å². The van der Waals surface area contributed by atoms with Crippen molar-refractivity contribution in [2.45, 2.75) is 6.42 Å². The summed E-state index contributed by atoms with van der Waals surface area (Å²) >= 11 is 11.5. The van der Waals surface area contributed by atoms with Crippen LogP contribution in [0.1, 0.15) is 5.76 Å². The number of nitrogens with one attached hydrogen (secondary N) is 1. The highest BCUT2D eigenvalue weighted by Crippen LogP contribution is 2.20. The Kier molecular flexibility index (Phi) is 3.64. The van der Waals surface area contributed by atoms with E-state index in [2.05, 4.69) is 15.5 Å². The summed E-state index contributed by atoms with van der Waals surface area (Å²) in [7, 11) is 0. The fourth-order valence-electron chi connectivity index (χ4n) is 1.25. The first-order valence-electron chi connectivity index (χ1n) is 4.70. The molecule has 16 heavy (non-hydrogen) atoms. The van der Waals surface area contributed by atoms with Crippen LogP contribution in [0.5, 0.6) is 0 Å². The van der Waals surface area contributed by atoms with Gasteiger partial charge in [-0.2, -0.15) is 0 Å². The zero-order chi connectivity index (χ0) is 11.4. The molecule has 0 atom stereocenters. The molecule has 0 fully saturated rings. The van der Waals surface area contributed by atoms with Gasteiger partial charge in [-0.05, 0) is 12.1 Å². The summed E-state index contributed by atoms with van der Waals surface area (Å²) in [6.07, 6.45) is 2.41. The van der Waals surface area contributed by atoms with Crippen molar-refractivity contribution in [2.75, 3.05) is 11.9 Å². The normalized spacial score (nSPS) is 10.4. The lowest BCUT2D eigenvalue weighted by molar-refractivity contribution is 0.513. The van der Waals surface area contributed by atoms with Crippen molar-refractivity contribution in [3.63, 3.8) is 0 Å². The van der Waals surface area contributed by atoms with Crippen molar-refractivity contribution in [3.8, 4) is 0 Å². The maximum absolute atomic E-state index is 5.84. The largest absolute Gasteiger partial charge is 0.469 e. The molecule has 0 spiro atoms.